The first kappa shape index (κ1) is 14.2. The summed E-state index contributed by atoms with van der Waals surface area (Å²) in [5.41, 5.74) is 0.291. The maximum atomic E-state index is 12.4. The Morgan fingerprint density at radius 2 is 1.83 bits per heavy atom. The van der Waals surface area contributed by atoms with Crippen LogP contribution in [0.2, 0.25) is 0 Å². The molecule has 0 aromatic carbocycles. The molecule has 2 aliphatic rings. The summed E-state index contributed by atoms with van der Waals surface area (Å²) >= 11 is 0. The van der Waals surface area contributed by atoms with E-state index < -0.39 is 0 Å². The molecular weight excluding hydrogens is 292 g/mol. The van der Waals surface area contributed by atoms with Crippen molar-refractivity contribution in [3.63, 3.8) is 0 Å². The lowest BCUT2D eigenvalue weighted by Gasteiger charge is -2.38. The highest BCUT2D eigenvalue weighted by Gasteiger charge is 2.42. The number of piperidine rings is 1. The van der Waals surface area contributed by atoms with Gasteiger partial charge in [0.15, 0.2) is 5.76 Å². The molecule has 1 spiro atoms. The zero-order chi connectivity index (χ0) is 15.7. The topological polar surface area (TPSA) is 62.5 Å². The Hall–Kier alpha value is -2.37. The number of nitrogens with zero attached hydrogens (tertiary/aromatic N) is 4. The Morgan fingerprint density at radius 1 is 1.09 bits per heavy atom. The number of likely N-dealkylation sites (tertiary alicyclic amines) is 1. The first-order valence-electron chi connectivity index (χ1n) is 8.11. The van der Waals surface area contributed by atoms with Crippen LogP contribution in [-0.4, -0.2) is 47.0 Å². The number of hydrogen-bond donors (Lipinski definition) is 0. The summed E-state index contributed by atoms with van der Waals surface area (Å²) in [6, 6.07) is 5.33. The molecule has 2 fully saturated rings. The van der Waals surface area contributed by atoms with E-state index in [1.54, 1.807) is 30.8 Å². The molecule has 0 aliphatic carbocycles. The standard InChI is InChI=1S/C17H20N4O2/c22-15(14-3-1-12-23-14)20-9-4-17(5-10-20)6-11-21(13-17)16-18-7-2-8-19-16/h1-3,7-8,12H,4-6,9-11,13H2. The highest BCUT2D eigenvalue weighted by atomic mass is 16.3. The highest BCUT2D eigenvalue weighted by Crippen LogP contribution is 2.41. The van der Waals surface area contributed by atoms with E-state index in [2.05, 4.69) is 14.9 Å². The Labute approximate surface area is 135 Å². The van der Waals surface area contributed by atoms with E-state index in [-0.39, 0.29) is 5.91 Å². The third kappa shape index (κ3) is 2.69. The predicted octanol–water partition coefficient (Wildman–Crippen LogP) is 2.20. The molecule has 120 valence electrons. The fraction of sp³-hybridized carbons (Fsp3) is 0.471. The number of carbonyl (C=O) groups is 1. The van der Waals surface area contributed by atoms with E-state index in [9.17, 15) is 4.79 Å². The number of rotatable bonds is 2. The van der Waals surface area contributed by atoms with Gasteiger partial charge in [0, 0.05) is 38.6 Å². The van der Waals surface area contributed by atoms with E-state index >= 15 is 0 Å². The SMILES string of the molecule is O=C(c1ccco1)N1CCC2(CC1)CCN(c1ncccn1)C2. The molecular formula is C17H20N4O2. The molecule has 0 atom stereocenters. The summed E-state index contributed by atoms with van der Waals surface area (Å²) < 4.78 is 5.22. The summed E-state index contributed by atoms with van der Waals surface area (Å²) in [5, 5.41) is 0. The van der Waals surface area contributed by atoms with Crippen molar-refractivity contribution in [1.29, 1.82) is 0 Å². The summed E-state index contributed by atoms with van der Waals surface area (Å²) in [6.07, 6.45) is 8.34. The second-order valence-electron chi connectivity index (χ2n) is 6.49. The lowest BCUT2D eigenvalue weighted by atomic mass is 9.78. The lowest BCUT2D eigenvalue weighted by molar-refractivity contribution is 0.0579. The summed E-state index contributed by atoms with van der Waals surface area (Å²) in [7, 11) is 0. The summed E-state index contributed by atoms with van der Waals surface area (Å²) in [6.45, 7) is 3.57. The van der Waals surface area contributed by atoms with Crippen molar-refractivity contribution in [2.24, 2.45) is 5.41 Å². The number of carbonyl (C=O) groups excluding carboxylic acids is 1. The molecule has 1 amide bonds. The van der Waals surface area contributed by atoms with Gasteiger partial charge in [0.2, 0.25) is 5.95 Å². The molecule has 0 radical (unpaired) electrons. The van der Waals surface area contributed by atoms with Crippen molar-refractivity contribution >= 4 is 11.9 Å². The molecule has 2 saturated heterocycles. The monoisotopic (exact) mass is 312 g/mol. The number of anilines is 1. The largest absolute Gasteiger partial charge is 0.459 e. The van der Waals surface area contributed by atoms with Crippen molar-refractivity contribution < 1.29 is 9.21 Å². The van der Waals surface area contributed by atoms with E-state index in [0.29, 0.717) is 11.2 Å². The third-order valence-electron chi connectivity index (χ3n) is 5.12. The first-order valence-corrected chi connectivity index (χ1v) is 8.11. The average molecular weight is 312 g/mol. The van der Waals surface area contributed by atoms with Gasteiger partial charge in [-0.2, -0.15) is 0 Å². The molecule has 2 aromatic heterocycles. The minimum absolute atomic E-state index is 0.00564. The quantitative estimate of drug-likeness (QED) is 0.851. The van der Waals surface area contributed by atoms with Crippen LogP contribution >= 0.6 is 0 Å². The molecule has 6 nitrogen and oxygen atoms in total. The number of amides is 1. The smallest absolute Gasteiger partial charge is 0.289 e. The van der Waals surface area contributed by atoms with E-state index in [0.717, 1.165) is 51.4 Å². The van der Waals surface area contributed by atoms with Crippen LogP contribution in [0.5, 0.6) is 0 Å². The van der Waals surface area contributed by atoms with Gasteiger partial charge in [-0.3, -0.25) is 4.79 Å². The van der Waals surface area contributed by atoms with Crippen LogP contribution in [0.3, 0.4) is 0 Å². The fourth-order valence-corrected chi connectivity index (χ4v) is 3.71. The van der Waals surface area contributed by atoms with Crippen molar-refractivity contribution in [3.8, 4) is 0 Å². The molecule has 4 heterocycles. The van der Waals surface area contributed by atoms with Gasteiger partial charge < -0.3 is 14.2 Å². The van der Waals surface area contributed by atoms with Gasteiger partial charge in [0.05, 0.1) is 6.26 Å². The fourth-order valence-electron chi connectivity index (χ4n) is 3.71. The molecule has 0 N–H and O–H groups in total. The minimum atomic E-state index is 0.00564. The summed E-state index contributed by atoms with van der Waals surface area (Å²) in [5.74, 6) is 1.26. The highest BCUT2D eigenvalue weighted by molar-refractivity contribution is 5.91. The van der Waals surface area contributed by atoms with Gasteiger partial charge in [-0.25, -0.2) is 9.97 Å². The molecule has 4 rings (SSSR count). The van der Waals surface area contributed by atoms with Gasteiger partial charge in [-0.05, 0) is 42.9 Å². The van der Waals surface area contributed by atoms with Gasteiger partial charge in [0.25, 0.3) is 5.91 Å². The molecule has 6 heteroatoms. The van der Waals surface area contributed by atoms with Crippen LogP contribution in [0.4, 0.5) is 5.95 Å². The van der Waals surface area contributed by atoms with Crippen LogP contribution in [0.25, 0.3) is 0 Å². The minimum Gasteiger partial charge on any atom is -0.459 e. The Kier molecular flexibility index (Phi) is 3.52. The second-order valence-corrected chi connectivity index (χ2v) is 6.49. The molecule has 0 unspecified atom stereocenters. The van der Waals surface area contributed by atoms with Crippen molar-refractivity contribution in [3.05, 3.63) is 42.6 Å². The zero-order valence-electron chi connectivity index (χ0n) is 13.0. The van der Waals surface area contributed by atoms with Crippen LogP contribution in [0.1, 0.15) is 29.8 Å². The van der Waals surface area contributed by atoms with Gasteiger partial charge in [0.1, 0.15) is 0 Å². The number of furan rings is 1. The van der Waals surface area contributed by atoms with Crippen LogP contribution in [-0.2, 0) is 0 Å². The maximum Gasteiger partial charge on any atom is 0.289 e. The van der Waals surface area contributed by atoms with Crippen molar-refractivity contribution in [2.75, 3.05) is 31.1 Å². The molecule has 23 heavy (non-hydrogen) atoms. The number of hydrogen-bond acceptors (Lipinski definition) is 5. The molecule has 0 saturated carbocycles. The second kappa shape index (κ2) is 5.68. The van der Waals surface area contributed by atoms with Crippen molar-refractivity contribution in [1.82, 2.24) is 14.9 Å². The zero-order valence-corrected chi connectivity index (χ0v) is 13.0. The van der Waals surface area contributed by atoms with E-state index in [4.69, 9.17) is 4.42 Å². The van der Waals surface area contributed by atoms with Crippen LogP contribution in [0, 0.1) is 5.41 Å². The molecule has 0 bridgehead atoms. The third-order valence-corrected chi connectivity index (χ3v) is 5.12. The molecule has 2 aromatic rings. The lowest BCUT2D eigenvalue weighted by Crippen LogP contribution is -2.44. The van der Waals surface area contributed by atoms with E-state index in [1.165, 1.54) is 0 Å². The maximum absolute atomic E-state index is 12.4. The average Bonchev–Trinajstić information content (AvgIpc) is 3.26. The van der Waals surface area contributed by atoms with Gasteiger partial charge in [-0.1, -0.05) is 0 Å². The normalized spacial score (nSPS) is 20.2. The van der Waals surface area contributed by atoms with Crippen LogP contribution < -0.4 is 4.90 Å². The van der Waals surface area contributed by atoms with Gasteiger partial charge >= 0.3 is 0 Å². The number of aromatic nitrogens is 2. The molecule has 2 aliphatic heterocycles. The Balaban J connectivity index is 1.39. The van der Waals surface area contributed by atoms with Crippen LogP contribution in [0.15, 0.2) is 41.3 Å². The first-order chi connectivity index (χ1) is 11.3. The predicted molar refractivity (Wildman–Crippen MR) is 85.1 cm³/mol. The van der Waals surface area contributed by atoms with E-state index in [1.807, 2.05) is 11.0 Å². The summed E-state index contributed by atoms with van der Waals surface area (Å²) in [4.78, 5) is 25.2. The Morgan fingerprint density at radius 3 is 2.52 bits per heavy atom. The van der Waals surface area contributed by atoms with Crippen molar-refractivity contribution in [2.45, 2.75) is 19.3 Å². The van der Waals surface area contributed by atoms with Gasteiger partial charge in [-0.15, -0.1) is 0 Å². The Bertz CT molecular complexity index is 663.